The van der Waals surface area contributed by atoms with Gasteiger partial charge in [-0.25, -0.2) is 4.99 Å². The predicted molar refractivity (Wildman–Crippen MR) is 110 cm³/mol. The lowest BCUT2D eigenvalue weighted by Crippen LogP contribution is -2.33. The van der Waals surface area contributed by atoms with E-state index < -0.39 is 0 Å². The Bertz CT molecular complexity index is 726. The minimum atomic E-state index is -0.274. The van der Waals surface area contributed by atoms with E-state index in [2.05, 4.69) is 10.3 Å². The van der Waals surface area contributed by atoms with Gasteiger partial charge < -0.3 is 20.4 Å². The van der Waals surface area contributed by atoms with E-state index in [9.17, 15) is 9.59 Å². The lowest BCUT2D eigenvalue weighted by Gasteiger charge is -2.23. The Hall–Kier alpha value is -2.51. The fourth-order valence-corrected chi connectivity index (χ4v) is 2.94. The third-order valence-corrected chi connectivity index (χ3v) is 4.56. The first kappa shape index (κ1) is 21.8. The molecule has 0 aromatic heterocycles. The van der Waals surface area contributed by atoms with Crippen LogP contribution < -0.4 is 5.32 Å². The van der Waals surface area contributed by atoms with Gasteiger partial charge in [-0.05, 0) is 37.1 Å². The highest BCUT2D eigenvalue weighted by Crippen LogP contribution is 2.20. The summed E-state index contributed by atoms with van der Waals surface area (Å²) in [6.45, 7) is 1.33. The summed E-state index contributed by atoms with van der Waals surface area (Å²) in [6, 6.07) is 7.43. The molecule has 1 aromatic carbocycles. The number of aliphatic hydroxyl groups is 2. The Labute approximate surface area is 165 Å². The highest BCUT2D eigenvalue weighted by molar-refractivity contribution is 6.50. The standard InChI is InChI=1S/C21H29N3O4/c1-24(11-13-26)19-15-20(27)18(14-21(19)28)23-17-8-6-16(7-9-17)22-10-4-2-3-5-12-25/h6-9,15,22,25-26H,2-5,10-14H2,1H3. The number of nitrogens with one attached hydrogen (secondary N) is 1. The SMILES string of the molecule is CN(CCO)C1=CC(=O)C(=Nc2ccc(NCCCCCCO)cc2)CC1=O. The molecule has 1 aliphatic carbocycles. The first-order valence-corrected chi connectivity index (χ1v) is 9.68. The summed E-state index contributed by atoms with van der Waals surface area (Å²) >= 11 is 0. The van der Waals surface area contributed by atoms with E-state index in [0.717, 1.165) is 37.9 Å². The van der Waals surface area contributed by atoms with Crippen molar-refractivity contribution < 1.29 is 19.8 Å². The molecular formula is C21H29N3O4. The maximum atomic E-state index is 12.3. The van der Waals surface area contributed by atoms with Crippen LogP contribution in [0.2, 0.25) is 0 Å². The zero-order valence-corrected chi connectivity index (χ0v) is 16.4. The molecule has 0 unspecified atom stereocenters. The number of carbonyl (C=O) groups excluding carboxylic acids is 2. The average molecular weight is 387 g/mol. The van der Waals surface area contributed by atoms with Gasteiger partial charge in [0.25, 0.3) is 0 Å². The number of aliphatic imine (C=N–C) groups is 1. The van der Waals surface area contributed by atoms with Crippen LogP contribution in [0.5, 0.6) is 0 Å². The number of anilines is 1. The normalized spacial score (nSPS) is 15.7. The summed E-state index contributed by atoms with van der Waals surface area (Å²) in [6.07, 6.45) is 5.28. The van der Waals surface area contributed by atoms with Gasteiger partial charge in [0.2, 0.25) is 5.78 Å². The number of Topliss-reactive ketones (excluding diaryl/α,β-unsaturated/α-hetero) is 1. The number of allylic oxidation sites excluding steroid dienone is 2. The number of carbonyl (C=O) groups is 2. The lowest BCUT2D eigenvalue weighted by atomic mass is 9.99. The molecule has 7 nitrogen and oxygen atoms in total. The van der Waals surface area contributed by atoms with Gasteiger partial charge in [-0.2, -0.15) is 0 Å². The molecule has 0 radical (unpaired) electrons. The van der Waals surface area contributed by atoms with Crippen molar-refractivity contribution >= 4 is 28.7 Å². The summed E-state index contributed by atoms with van der Waals surface area (Å²) < 4.78 is 0. The second-order valence-corrected chi connectivity index (χ2v) is 6.81. The summed E-state index contributed by atoms with van der Waals surface area (Å²) in [4.78, 5) is 30.5. The van der Waals surface area contributed by atoms with Crippen LogP contribution in [0, 0.1) is 0 Å². The Morgan fingerprint density at radius 3 is 2.43 bits per heavy atom. The molecule has 1 aromatic rings. The molecule has 0 aliphatic heterocycles. The van der Waals surface area contributed by atoms with Crippen LogP contribution in [0.15, 0.2) is 41.0 Å². The van der Waals surface area contributed by atoms with Crippen LogP contribution in [0.1, 0.15) is 32.1 Å². The van der Waals surface area contributed by atoms with Crippen molar-refractivity contribution in [1.29, 1.82) is 0 Å². The van der Waals surface area contributed by atoms with Gasteiger partial charge in [-0.1, -0.05) is 12.8 Å². The maximum Gasteiger partial charge on any atom is 0.202 e. The van der Waals surface area contributed by atoms with Gasteiger partial charge in [-0.15, -0.1) is 0 Å². The molecule has 152 valence electrons. The Morgan fingerprint density at radius 2 is 1.75 bits per heavy atom. The summed E-state index contributed by atoms with van der Waals surface area (Å²) in [5, 5.41) is 21.1. The zero-order valence-electron chi connectivity index (χ0n) is 16.4. The van der Waals surface area contributed by atoms with Crippen LogP contribution in [0.3, 0.4) is 0 Å². The molecule has 2 rings (SSSR count). The smallest absolute Gasteiger partial charge is 0.202 e. The van der Waals surface area contributed by atoms with E-state index in [4.69, 9.17) is 10.2 Å². The van der Waals surface area contributed by atoms with Gasteiger partial charge in [0.05, 0.1) is 30.1 Å². The Kier molecular flexibility index (Phi) is 8.84. The van der Waals surface area contributed by atoms with Crippen molar-refractivity contribution in [3.05, 3.63) is 36.0 Å². The van der Waals surface area contributed by atoms with Crippen LogP contribution in [-0.4, -0.2) is 65.7 Å². The fourth-order valence-electron chi connectivity index (χ4n) is 2.94. The van der Waals surface area contributed by atoms with Crippen molar-refractivity contribution in [3.63, 3.8) is 0 Å². The number of ketones is 2. The second-order valence-electron chi connectivity index (χ2n) is 6.81. The molecule has 0 saturated heterocycles. The molecular weight excluding hydrogens is 358 g/mol. The van der Waals surface area contributed by atoms with E-state index >= 15 is 0 Å². The molecule has 0 spiro atoms. The minimum Gasteiger partial charge on any atom is -0.396 e. The third-order valence-electron chi connectivity index (χ3n) is 4.56. The molecule has 0 heterocycles. The van der Waals surface area contributed by atoms with Gasteiger partial charge in [0.15, 0.2) is 5.78 Å². The van der Waals surface area contributed by atoms with Crippen molar-refractivity contribution in [2.24, 2.45) is 4.99 Å². The number of aliphatic hydroxyl groups excluding tert-OH is 2. The highest BCUT2D eigenvalue weighted by Gasteiger charge is 2.26. The molecule has 3 N–H and O–H groups in total. The van der Waals surface area contributed by atoms with E-state index in [1.54, 1.807) is 11.9 Å². The molecule has 1 aliphatic rings. The van der Waals surface area contributed by atoms with Crippen LogP contribution in [0.4, 0.5) is 11.4 Å². The van der Waals surface area contributed by atoms with Crippen molar-refractivity contribution in [3.8, 4) is 0 Å². The number of hydrogen-bond donors (Lipinski definition) is 3. The molecule has 0 atom stereocenters. The minimum absolute atomic E-state index is 0.0335. The van der Waals surface area contributed by atoms with E-state index in [0.29, 0.717) is 17.9 Å². The third kappa shape index (κ3) is 6.58. The monoisotopic (exact) mass is 387 g/mol. The first-order valence-electron chi connectivity index (χ1n) is 9.68. The summed E-state index contributed by atoms with van der Waals surface area (Å²) in [5.74, 6) is -0.446. The lowest BCUT2D eigenvalue weighted by molar-refractivity contribution is -0.118. The summed E-state index contributed by atoms with van der Waals surface area (Å²) in [7, 11) is 1.67. The number of hydrogen-bond acceptors (Lipinski definition) is 7. The van der Waals surface area contributed by atoms with Crippen LogP contribution in [-0.2, 0) is 9.59 Å². The fraction of sp³-hybridized carbons (Fsp3) is 0.476. The highest BCUT2D eigenvalue weighted by atomic mass is 16.3. The first-order chi connectivity index (χ1) is 13.5. The van der Waals surface area contributed by atoms with E-state index in [1.165, 1.54) is 6.08 Å². The number of nitrogens with zero attached hydrogens (tertiary/aromatic N) is 2. The van der Waals surface area contributed by atoms with Gasteiger partial charge >= 0.3 is 0 Å². The Morgan fingerprint density at radius 1 is 1.04 bits per heavy atom. The Balaban J connectivity index is 1.93. The van der Waals surface area contributed by atoms with E-state index in [1.807, 2.05) is 24.3 Å². The largest absolute Gasteiger partial charge is 0.396 e. The number of benzene rings is 1. The topological polar surface area (TPSA) is 102 Å². The van der Waals surface area contributed by atoms with E-state index in [-0.39, 0.29) is 36.9 Å². The number of unbranched alkanes of at least 4 members (excludes halogenated alkanes) is 3. The quantitative estimate of drug-likeness (QED) is 0.503. The maximum absolute atomic E-state index is 12.3. The zero-order chi connectivity index (χ0) is 20.4. The van der Waals surface area contributed by atoms with Crippen LogP contribution >= 0.6 is 0 Å². The van der Waals surface area contributed by atoms with Crippen molar-refractivity contribution in [1.82, 2.24) is 4.90 Å². The molecule has 0 saturated carbocycles. The molecule has 0 bridgehead atoms. The number of likely N-dealkylation sites (N-methyl/N-ethyl adjacent to an activating group) is 1. The van der Waals surface area contributed by atoms with Crippen molar-refractivity contribution in [2.75, 3.05) is 38.7 Å². The molecule has 0 fully saturated rings. The van der Waals surface area contributed by atoms with Crippen molar-refractivity contribution in [2.45, 2.75) is 32.1 Å². The molecule has 28 heavy (non-hydrogen) atoms. The molecule has 0 amide bonds. The van der Waals surface area contributed by atoms with Crippen LogP contribution in [0.25, 0.3) is 0 Å². The average Bonchev–Trinajstić information content (AvgIpc) is 2.68. The predicted octanol–water partition coefficient (Wildman–Crippen LogP) is 2.07. The van der Waals surface area contributed by atoms with Gasteiger partial charge in [-0.3, -0.25) is 9.59 Å². The van der Waals surface area contributed by atoms with Gasteiger partial charge in [0, 0.05) is 38.5 Å². The second kappa shape index (κ2) is 11.4. The van der Waals surface area contributed by atoms with Gasteiger partial charge in [0.1, 0.15) is 0 Å². The number of rotatable bonds is 11. The summed E-state index contributed by atoms with van der Waals surface area (Å²) in [5.41, 5.74) is 2.16. The molecule has 7 heteroatoms.